The average Bonchev–Trinajstić information content (AvgIpc) is 2.16. The molecule has 0 bridgehead atoms. The van der Waals surface area contributed by atoms with E-state index < -0.39 is 12.6 Å². The third-order valence-electron chi connectivity index (χ3n) is 1.77. The number of rotatable bonds is 4. The molecule has 0 aliphatic carbocycles. The van der Waals surface area contributed by atoms with Gasteiger partial charge in [-0.1, -0.05) is 0 Å². The van der Waals surface area contributed by atoms with E-state index in [9.17, 15) is 13.2 Å². The summed E-state index contributed by atoms with van der Waals surface area (Å²) in [4.78, 5) is 7.70. The number of aryl methyl sites for hydroxylation is 1. The van der Waals surface area contributed by atoms with Crippen molar-refractivity contribution in [3.8, 4) is 0 Å². The van der Waals surface area contributed by atoms with E-state index in [1.54, 1.807) is 7.05 Å². The zero-order valence-electron chi connectivity index (χ0n) is 8.30. The molecule has 6 heteroatoms. The van der Waals surface area contributed by atoms with Crippen LogP contribution in [0.5, 0.6) is 0 Å². The van der Waals surface area contributed by atoms with Crippen molar-refractivity contribution < 1.29 is 13.2 Å². The van der Waals surface area contributed by atoms with E-state index in [-0.39, 0.29) is 12.2 Å². The highest BCUT2D eigenvalue weighted by Crippen LogP contribution is 2.20. The highest BCUT2D eigenvalue weighted by Gasteiger charge is 2.26. The topological polar surface area (TPSA) is 37.8 Å². The molecule has 0 radical (unpaired) electrons. The van der Waals surface area contributed by atoms with Gasteiger partial charge in [-0.3, -0.25) is 0 Å². The van der Waals surface area contributed by atoms with Gasteiger partial charge in [-0.05, 0) is 7.05 Å². The number of aromatic nitrogens is 2. The zero-order chi connectivity index (χ0) is 11.3. The normalized spacial score (nSPS) is 11.7. The minimum Gasteiger partial charge on any atom is -0.316 e. The van der Waals surface area contributed by atoms with E-state index in [4.69, 9.17) is 0 Å². The predicted octanol–water partition coefficient (Wildman–Crippen LogP) is 1.69. The summed E-state index contributed by atoms with van der Waals surface area (Å²) in [7, 11) is 1.78. The van der Waals surface area contributed by atoms with Crippen LogP contribution in [0.3, 0.4) is 0 Å². The third-order valence-corrected chi connectivity index (χ3v) is 1.77. The van der Waals surface area contributed by atoms with E-state index in [1.165, 1.54) is 12.4 Å². The van der Waals surface area contributed by atoms with E-state index in [0.717, 1.165) is 5.56 Å². The minimum atomic E-state index is -4.15. The van der Waals surface area contributed by atoms with E-state index in [1.807, 2.05) is 0 Å². The molecule has 1 heterocycles. The van der Waals surface area contributed by atoms with Crippen molar-refractivity contribution in [1.29, 1.82) is 0 Å². The fourth-order valence-corrected chi connectivity index (χ4v) is 1.06. The summed E-state index contributed by atoms with van der Waals surface area (Å²) in [6.07, 6.45) is -2.11. The largest absolute Gasteiger partial charge is 0.389 e. The van der Waals surface area contributed by atoms with Crippen LogP contribution >= 0.6 is 0 Å². The Bertz CT molecular complexity index is 294. The van der Waals surface area contributed by atoms with Crippen molar-refractivity contribution in [3.05, 3.63) is 23.8 Å². The van der Waals surface area contributed by atoms with Crippen LogP contribution in [0.2, 0.25) is 0 Å². The fourth-order valence-electron chi connectivity index (χ4n) is 1.06. The lowest BCUT2D eigenvalue weighted by Gasteiger charge is -2.05. The quantitative estimate of drug-likeness (QED) is 0.837. The standard InChI is InChI=1S/C9H12F3N3/c1-13-4-7-5-14-8(15-6-7)2-3-9(10,11)12/h5-6,13H,2-4H2,1H3. The first kappa shape index (κ1) is 11.9. The predicted molar refractivity (Wildman–Crippen MR) is 49.2 cm³/mol. The maximum Gasteiger partial charge on any atom is 0.389 e. The van der Waals surface area contributed by atoms with E-state index >= 15 is 0 Å². The molecule has 0 atom stereocenters. The second-order valence-electron chi connectivity index (χ2n) is 3.15. The number of nitrogens with zero attached hydrogens (tertiary/aromatic N) is 2. The lowest BCUT2D eigenvalue weighted by Crippen LogP contribution is -2.11. The van der Waals surface area contributed by atoms with Crippen LogP contribution in [0, 0.1) is 0 Å². The molecule has 1 aromatic rings. The first-order chi connectivity index (χ1) is 7.01. The number of alkyl halides is 3. The molecule has 0 fully saturated rings. The van der Waals surface area contributed by atoms with Crippen LogP contribution in [-0.2, 0) is 13.0 Å². The number of nitrogens with one attached hydrogen (secondary N) is 1. The van der Waals surface area contributed by atoms with Gasteiger partial charge in [0.25, 0.3) is 0 Å². The Balaban J connectivity index is 2.50. The van der Waals surface area contributed by atoms with Crippen LogP contribution < -0.4 is 5.32 Å². The van der Waals surface area contributed by atoms with Crippen LogP contribution in [0.25, 0.3) is 0 Å². The second-order valence-corrected chi connectivity index (χ2v) is 3.15. The Morgan fingerprint density at radius 2 is 1.87 bits per heavy atom. The van der Waals surface area contributed by atoms with Crippen molar-refractivity contribution in [3.63, 3.8) is 0 Å². The van der Waals surface area contributed by atoms with Gasteiger partial charge in [0, 0.05) is 30.9 Å². The summed E-state index contributed by atoms with van der Waals surface area (Å²) >= 11 is 0. The maximum absolute atomic E-state index is 11.9. The minimum absolute atomic E-state index is 0.163. The summed E-state index contributed by atoms with van der Waals surface area (Å²) in [5.74, 6) is 0.229. The molecule has 0 amide bonds. The lowest BCUT2D eigenvalue weighted by molar-refractivity contribution is -0.134. The summed E-state index contributed by atoms with van der Waals surface area (Å²) in [5, 5.41) is 2.90. The highest BCUT2D eigenvalue weighted by molar-refractivity contribution is 5.04. The Labute approximate surface area is 85.7 Å². The van der Waals surface area contributed by atoms with Gasteiger partial charge in [0.2, 0.25) is 0 Å². The van der Waals surface area contributed by atoms with Crippen LogP contribution in [0.4, 0.5) is 13.2 Å². The summed E-state index contributed by atoms with van der Waals surface area (Å²) in [6, 6.07) is 0. The van der Waals surface area contributed by atoms with Crippen LogP contribution in [0.1, 0.15) is 17.8 Å². The second kappa shape index (κ2) is 5.06. The molecule has 0 aliphatic heterocycles. The van der Waals surface area contributed by atoms with Gasteiger partial charge < -0.3 is 5.32 Å². The molecule has 0 spiro atoms. The van der Waals surface area contributed by atoms with Gasteiger partial charge in [0.05, 0.1) is 6.42 Å². The first-order valence-electron chi connectivity index (χ1n) is 4.52. The number of hydrogen-bond donors (Lipinski definition) is 1. The maximum atomic E-state index is 11.9. The van der Waals surface area contributed by atoms with Crippen molar-refractivity contribution in [2.45, 2.75) is 25.6 Å². The van der Waals surface area contributed by atoms with Crippen LogP contribution in [0.15, 0.2) is 12.4 Å². The van der Waals surface area contributed by atoms with Crippen molar-refractivity contribution in [2.24, 2.45) is 0 Å². The molecule has 0 aromatic carbocycles. The molecular formula is C9H12F3N3. The molecule has 0 aliphatic rings. The Morgan fingerprint density at radius 1 is 1.27 bits per heavy atom. The monoisotopic (exact) mass is 219 g/mol. The van der Waals surface area contributed by atoms with Gasteiger partial charge in [-0.2, -0.15) is 13.2 Å². The summed E-state index contributed by atoms with van der Waals surface area (Å²) in [5.41, 5.74) is 0.855. The Kier molecular flexibility index (Phi) is 4.02. The third kappa shape index (κ3) is 4.73. The molecule has 0 saturated heterocycles. The van der Waals surface area contributed by atoms with E-state index in [2.05, 4.69) is 15.3 Å². The smallest absolute Gasteiger partial charge is 0.316 e. The average molecular weight is 219 g/mol. The van der Waals surface area contributed by atoms with Gasteiger partial charge in [-0.15, -0.1) is 0 Å². The van der Waals surface area contributed by atoms with Crippen molar-refractivity contribution >= 4 is 0 Å². The van der Waals surface area contributed by atoms with Gasteiger partial charge >= 0.3 is 6.18 Å². The zero-order valence-corrected chi connectivity index (χ0v) is 8.30. The molecule has 3 nitrogen and oxygen atoms in total. The molecule has 1 N–H and O–H groups in total. The Hall–Kier alpha value is -1.17. The fraction of sp³-hybridized carbons (Fsp3) is 0.556. The first-order valence-corrected chi connectivity index (χ1v) is 4.52. The van der Waals surface area contributed by atoms with Crippen molar-refractivity contribution in [2.75, 3.05) is 7.05 Å². The molecule has 0 saturated carbocycles. The number of hydrogen-bond acceptors (Lipinski definition) is 3. The SMILES string of the molecule is CNCc1cnc(CCC(F)(F)F)nc1. The molecule has 1 aromatic heterocycles. The molecular weight excluding hydrogens is 207 g/mol. The van der Waals surface area contributed by atoms with Gasteiger partial charge in [0.15, 0.2) is 0 Å². The molecule has 0 unspecified atom stereocenters. The molecule has 15 heavy (non-hydrogen) atoms. The number of halogens is 3. The summed E-state index contributed by atoms with van der Waals surface area (Å²) < 4.78 is 35.6. The van der Waals surface area contributed by atoms with Gasteiger partial charge in [0.1, 0.15) is 5.82 Å². The lowest BCUT2D eigenvalue weighted by atomic mass is 10.2. The van der Waals surface area contributed by atoms with Crippen molar-refractivity contribution in [1.82, 2.24) is 15.3 Å². The Morgan fingerprint density at radius 3 is 2.33 bits per heavy atom. The van der Waals surface area contributed by atoms with Gasteiger partial charge in [-0.25, -0.2) is 9.97 Å². The van der Waals surface area contributed by atoms with Crippen LogP contribution in [-0.4, -0.2) is 23.2 Å². The van der Waals surface area contributed by atoms with E-state index in [0.29, 0.717) is 6.54 Å². The highest BCUT2D eigenvalue weighted by atomic mass is 19.4. The summed E-state index contributed by atoms with van der Waals surface area (Å²) in [6.45, 7) is 0.611. The molecule has 1 rings (SSSR count). The molecule has 84 valence electrons.